The maximum atomic E-state index is 12.7. The van der Waals surface area contributed by atoms with Crippen LogP contribution in [0.2, 0.25) is 0 Å². The van der Waals surface area contributed by atoms with Gasteiger partial charge in [-0.2, -0.15) is 0 Å². The summed E-state index contributed by atoms with van der Waals surface area (Å²) in [5.74, 6) is 1.45. The average Bonchev–Trinajstić information content (AvgIpc) is 2.99. The molecule has 4 rings (SSSR count). The zero-order valence-electron chi connectivity index (χ0n) is 11.5. The van der Waals surface area contributed by atoms with Gasteiger partial charge in [0, 0.05) is 17.0 Å². The van der Waals surface area contributed by atoms with Crippen molar-refractivity contribution in [3.05, 3.63) is 46.2 Å². The fourth-order valence-electron chi connectivity index (χ4n) is 2.75. The zero-order chi connectivity index (χ0) is 14.2. The number of hydrogen-bond acceptors (Lipinski definition) is 4. The molecule has 2 aromatic rings. The lowest BCUT2D eigenvalue weighted by Gasteiger charge is -2.40. The van der Waals surface area contributed by atoms with Crippen molar-refractivity contribution in [1.82, 2.24) is 4.90 Å². The minimum absolute atomic E-state index is 0.0663. The molecular weight excluding hydrogens is 286 g/mol. The molecule has 4 nitrogen and oxygen atoms in total. The van der Waals surface area contributed by atoms with Gasteiger partial charge >= 0.3 is 0 Å². The van der Waals surface area contributed by atoms with Gasteiger partial charge in [-0.25, -0.2) is 0 Å². The van der Waals surface area contributed by atoms with E-state index in [-0.39, 0.29) is 11.9 Å². The first-order valence-electron chi connectivity index (χ1n) is 7.07. The van der Waals surface area contributed by atoms with Gasteiger partial charge in [-0.3, -0.25) is 4.79 Å². The topological polar surface area (TPSA) is 38.8 Å². The van der Waals surface area contributed by atoms with Crippen molar-refractivity contribution < 1.29 is 14.3 Å². The lowest BCUT2D eigenvalue weighted by Crippen LogP contribution is -2.44. The Kier molecular flexibility index (Phi) is 3.07. The summed E-state index contributed by atoms with van der Waals surface area (Å²) >= 11 is 1.71. The first kappa shape index (κ1) is 12.7. The Bertz CT molecular complexity index is 668. The van der Waals surface area contributed by atoms with Crippen LogP contribution in [0.1, 0.15) is 27.7 Å². The van der Waals surface area contributed by atoms with Crippen LogP contribution in [0.15, 0.2) is 35.7 Å². The normalized spacial score (nSPS) is 20.0. The summed E-state index contributed by atoms with van der Waals surface area (Å²) in [6.07, 6.45) is 1.04. The summed E-state index contributed by atoms with van der Waals surface area (Å²) < 4.78 is 11.0. The Morgan fingerprint density at radius 2 is 2.05 bits per heavy atom. The van der Waals surface area contributed by atoms with Gasteiger partial charge in [-0.05, 0) is 36.1 Å². The number of hydrogen-bond donors (Lipinski definition) is 0. The third-order valence-electron chi connectivity index (χ3n) is 3.94. The van der Waals surface area contributed by atoms with Crippen molar-refractivity contribution in [3.63, 3.8) is 0 Å². The molecule has 0 spiro atoms. The molecule has 21 heavy (non-hydrogen) atoms. The second kappa shape index (κ2) is 5.07. The van der Waals surface area contributed by atoms with Gasteiger partial charge in [0.05, 0.1) is 6.04 Å². The quantitative estimate of drug-likeness (QED) is 0.855. The number of likely N-dealkylation sites (tertiary alicyclic amines) is 1. The first-order chi connectivity index (χ1) is 10.3. The van der Waals surface area contributed by atoms with Gasteiger partial charge in [-0.1, -0.05) is 6.07 Å². The van der Waals surface area contributed by atoms with Crippen LogP contribution in [0.25, 0.3) is 0 Å². The van der Waals surface area contributed by atoms with Gasteiger partial charge in [0.1, 0.15) is 13.2 Å². The van der Waals surface area contributed by atoms with Gasteiger partial charge in [-0.15, -0.1) is 11.3 Å². The van der Waals surface area contributed by atoms with Crippen LogP contribution in [0.3, 0.4) is 0 Å². The highest BCUT2D eigenvalue weighted by atomic mass is 32.1. The third kappa shape index (κ3) is 2.17. The maximum absolute atomic E-state index is 12.7. The van der Waals surface area contributed by atoms with Crippen molar-refractivity contribution in [3.8, 4) is 11.5 Å². The van der Waals surface area contributed by atoms with E-state index in [0.29, 0.717) is 24.5 Å². The second-order valence-electron chi connectivity index (χ2n) is 5.18. The number of carbonyl (C=O) groups excluding carboxylic acids is 1. The standard InChI is InChI=1S/C16H15NO3S/c18-16(17-6-5-12(17)15-2-1-9-21-15)11-3-4-13-14(10-11)20-8-7-19-13/h1-4,9-10,12H,5-8H2/t12-/m1/s1. The summed E-state index contributed by atoms with van der Waals surface area (Å²) in [5, 5.41) is 2.06. The Morgan fingerprint density at radius 3 is 2.76 bits per heavy atom. The summed E-state index contributed by atoms with van der Waals surface area (Å²) in [5.41, 5.74) is 0.667. The summed E-state index contributed by atoms with van der Waals surface area (Å²) in [6, 6.07) is 9.79. The zero-order valence-corrected chi connectivity index (χ0v) is 12.3. The van der Waals surface area contributed by atoms with Gasteiger partial charge < -0.3 is 14.4 Å². The smallest absolute Gasteiger partial charge is 0.254 e. The maximum Gasteiger partial charge on any atom is 0.254 e. The van der Waals surface area contributed by atoms with Crippen LogP contribution in [0.4, 0.5) is 0 Å². The molecule has 1 aromatic carbocycles. The Balaban J connectivity index is 1.57. The molecule has 2 aliphatic rings. The lowest BCUT2D eigenvalue weighted by molar-refractivity contribution is 0.0467. The van der Waals surface area contributed by atoms with Crippen LogP contribution in [0, 0.1) is 0 Å². The molecule has 1 amide bonds. The predicted molar refractivity (Wildman–Crippen MR) is 80.1 cm³/mol. The monoisotopic (exact) mass is 301 g/mol. The summed E-state index contributed by atoms with van der Waals surface area (Å²) in [7, 11) is 0. The summed E-state index contributed by atoms with van der Waals surface area (Å²) in [6.45, 7) is 1.91. The number of fused-ring (bicyclic) bond motifs is 1. The molecule has 1 saturated heterocycles. The number of carbonyl (C=O) groups is 1. The van der Waals surface area contributed by atoms with Crippen molar-refractivity contribution in [2.45, 2.75) is 12.5 Å². The van der Waals surface area contributed by atoms with Gasteiger partial charge in [0.25, 0.3) is 5.91 Å². The Morgan fingerprint density at radius 1 is 1.19 bits per heavy atom. The molecule has 0 radical (unpaired) electrons. The van der Waals surface area contributed by atoms with Crippen LogP contribution in [-0.2, 0) is 0 Å². The molecule has 0 unspecified atom stereocenters. The van der Waals surface area contributed by atoms with E-state index in [1.54, 1.807) is 17.4 Å². The highest BCUT2D eigenvalue weighted by molar-refractivity contribution is 7.10. The van der Waals surface area contributed by atoms with E-state index < -0.39 is 0 Å². The van der Waals surface area contributed by atoms with E-state index in [1.807, 2.05) is 23.1 Å². The average molecular weight is 301 g/mol. The molecule has 0 aliphatic carbocycles. The van der Waals surface area contributed by atoms with E-state index >= 15 is 0 Å². The molecule has 2 aliphatic heterocycles. The Labute approximate surface area is 126 Å². The number of nitrogens with zero attached hydrogens (tertiary/aromatic N) is 1. The van der Waals surface area contributed by atoms with E-state index in [0.717, 1.165) is 18.7 Å². The minimum atomic E-state index is 0.0663. The van der Waals surface area contributed by atoms with E-state index in [1.165, 1.54) is 4.88 Å². The molecule has 0 saturated carbocycles. The first-order valence-corrected chi connectivity index (χ1v) is 7.95. The molecule has 0 bridgehead atoms. The fourth-order valence-corrected chi connectivity index (χ4v) is 3.62. The van der Waals surface area contributed by atoms with E-state index in [9.17, 15) is 4.79 Å². The van der Waals surface area contributed by atoms with Crippen molar-refractivity contribution >= 4 is 17.2 Å². The number of benzene rings is 1. The molecule has 3 heterocycles. The van der Waals surface area contributed by atoms with E-state index in [4.69, 9.17) is 9.47 Å². The molecule has 5 heteroatoms. The fraction of sp³-hybridized carbons (Fsp3) is 0.312. The lowest BCUT2D eigenvalue weighted by atomic mass is 9.99. The molecule has 108 valence electrons. The van der Waals surface area contributed by atoms with Crippen molar-refractivity contribution in [1.29, 1.82) is 0 Å². The van der Waals surface area contributed by atoms with E-state index in [2.05, 4.69) is 11.4 Å². The van der Waals surface area contributed by atoms with Crippen LogP contribution < -0.4 is 9.47 Å². The molecular formula is C16H15NO3S. The van der Waals surface area contributed by atoms with Crippen LogP contribution in [-0.4, -0.2) is 30.6 Å². The summed E-state index contributed by atoms with van der Waals surface area (Å²) in [4.78, 5) is 15.8. The third-order valence-corrected chi connectivity index (χ3v) is 4.91. The van der Waals surface area contributed by atoms with Crippen molar-refractivity contribution in [2.24, 2.45) is 0 Å². The number of amides is 1. The number of thiophene rings is 1. The molecule has 1 aromatic heterocycles. The van der Waals surface area contributed by atoms with Gasteiger partial charge in [0.15, 0.2) is 11.5 Å². The number of ether oxygens (including phenoxy) is 2. The Hall–Kier alpha value is -2.01. The number of rotatable bonds is 2. The molecule has 0 N–H and O–H groups in total. The van der Waals surface area contributed by atoms with Crippen LogP contribution in [0.5, 0.6) is 11.5 Å². The SMILES string of the molecule is O=C(c1ccc2c(c1)OCCO2)N1CC[C@@H]1c1cccs1. The van der Waals surface area contributed by atoms with Gasteiger partial charge in [0.2, 0.25) is 0 Å². The largest absolute Gasteiger partial charge is 0.486 e. The van der Waals surface area contributed by atoms with Crippen LogP contribution >= 0.6 is 11.3 Å². The highest BCUT2D eigenvalue weighted by Gasteiger charge is 2.34. The molecule has 1 fully saturated rings. The molecule has 1 atom stereocenters. The predicted octanol–water partition coefficient (Wildman–Crippen LogP) is 3.11. The second-order valence-corrected chi connectivity index (χ2v) is 6.16. The highest BCUT2D eigenvalue weighted by Crippen LogP contribution is 2.38. The van der Waals surface area contributed by atoms with Crippen molar-refractivity contribution in [2.75, 3.05) is 19.8 Å². The minimum Gasteiger partial charge on any atom is -0.486 e.